The molecule has 1 aliphatic rings. The Labute approximate surface area is 112 Å². The third-order valence-corrected chi connectivity index (χ3v) is 2.95. The Morgan fingerprint density at radius 2 is 2.26 bits per heavy atom. The van der Waals surface area contributed by atoms with Gasteiger partial charge in [-0.2, -0.15) is 0 Å². The number of carbonyl (C=O) groups excluding carboxylic acids is 1. The zero-order chi connectivity index (χ0) is 13.8. The predicted octanol–water partition coefficient (Wildman–Crippen LogP) is 0.828. The molecule has 1 saturated carbocycles. The second kappa shape index (κ2) is 5.86. The summed E-state index contributed by atoms with van der Waals surface area (Å²) in [4.78, 5) is 27.5. The van der Waals surface area contributed by atoms with Crippen molar-refractivity contribution < 1.29 is 4.79 Å². The Kier molecular flexibility index (Phi) is 4.19. The Bertz CT molecular complexity index is 506. The molecule has 0 bridgehead atoms. The van der Waals surface area contributed by atoms with Crippen molar-refractivity contribution in [3.8, 4) is 0 Å². The maximum absolute atomic E-state index is 11.8. The van der Waals surface area contributed by atoms with Crippen LogP contribution in [0.3, 0.4) is 0 Å². The van der Waals surface area contributed by atoms with E-state index >= 15 is 0 Å². The minimum absolute atomic E-state index is 0.0528. The minimum Gasteiger partial charge on any atom is -0.336 e. The molecule has 1 fully saturated rings. The fourth-order valence-electron chi connectivity index (χ4n) is 1.81. The fraction of sp³-hybridized carbons (Fsp3) is 0.615. The van der Waals surface area contributed by atoms with Gasteiger partial charge in [-0.3, -0.25) is 9.36 Å². The average Bonchev–Trinajstić information content (AvgIpc) is 3.14. The van der Waals surface area contributed by atoms with Gasteiger partial charge >= 0.3 is 6.03 Å². The number of amides is 2. The molecule has 0 aliphatic heterocycles. The van der Waals surface area contributed by atoms with Gasteiger partial charge in [-0.25, -0.2) is 9.78 Å². The van der Waals surface area contributed by atoms with Crippen LogP contribution in [-0.2, 0) is 6.54 Å². The molecule has 2 N–H and O–H groups in total. The molecule has 1 aromatic rings. The third kappa shape index (κ3) is 4.08. The molecule has 1 heterocycles. The predicted molar refractivity (Wildman–Crippen MR) is 72.1 cm³/mol. The molecule has 104 valence electrons. The van der Waals surface area contributed by atoms with Crippen LogP contribution in [0.5, 0.6) is 0 Å². The van der Waals surface area contributed by atoms with Crippen LogP contribution >= 0.6 is 0 Å². The van der Waals surface area contributed by atoms with Crippen molar-refractivity contribution in [3.05, 3.63) is 28.4 Å². The first kappa shape index (κ1) is 13.6. The summed E-state index contributed by atoms with van der Waals surface area (Å²) in [5.74, 6) is 0.484. The van der Waals surface area contributed by atoms with Crippen LogP contribution in [0.25, 0.3) is 0 Å². The van der Waals surface area contributed by atoms with E-state index in [1.807, 2.05) is 13.8 Å². The minimum atomic E-state index is -0.217. The molecule has 6 nitrogen and oxygen atoms in total. The van der Waals surface area contributed by atoms with Crippen molar-refractivity contribution in [2.75, 3.05) is 6.54 Å². The average molecular weight is 264 g/mol. The summed E-state index contributed by atoms with van der Waals surface area (Å²) in [5, 5.41) is 5.42. The van der Waals surface area contributed by atoms with Gasteiger partial charge < -0.3 is 10.6 Å². The van der Waals surface area contributed by atoms with Crippen LogP contribution in [0, 0.1) is 0 Å². The van der Waals surface area contributed by atoms with E-state index < -0.39 is 0 Å². The lowest BCUT2D eigenvalue weighted by Gasteiger charge is -2.11. The SMILES string of the molecule is CC(C)NC(=O)NCCn1cnc(C2CC2)cc1=O. The van der Waals surface area contributed by atoms with E-state index in [2.05, 4.69) is 15.6 Å². The van der Waals surface area contributed by atoms with Crippen molar-refractivity contribution in [2.24, 2.45) is 0 Å². The molecule has 2 rings (SSSR count). The lowest BCUT2D eigenvalue weighted by molar-refractivity contribution is 0.238. The van der Waals surface area contributed by atoms with Gasteiger partial charge in [0.15, 0.2) is 0 Å². The van der Waals surface area contributed by atoms with Crippen LogP contribution in [0.4, 0.5) is 4.79 Å². The van der Waals surface area contributed by atoms with Crippen LogP contribution in [-0.4, -0.2) is 28.2 Å². The molecule has 6 heteroatoms. The first-order valence-electron chi connectivity index (χ1n) is 6.67. The monoisotopic (exact) mass is 264 g/mol. The quantitative estimate of drug-likeness (QED) is 0.827. The summed E-state index contributed by atoms with van der Waals surface area (Å²) in [5.41, 5.74) is 0.842. The van der Waals surface area contributed by atoms with Gasteiger partial charge in [0, 0.05) is 31.1 Å². The zero-order valence-electron chi connectivity index (χ0n) is 11.3. The maximum Gasteiger partial charge on any atom is 0.315 e. The lowest BCUT2D eigenvalue weighted by Crippen LogP contribution is -2.41. The maximum atomic E-state index is 11.8. The number of nitrogens with one attached hydrogen (secondary N) is 2. The molecule has 0 atom stereocenters. The normalized spacial score (nSPS) is 14.5. The molecule has 1 aliphatic carbocycles. The molecule has 0 saturated heterocycles. The Morgan fingerprint density at radius 1 is 1.53 bits per heavy atom. The number of aromatic nitrogens is 2. The number of hydrogen-bond acceptors (Lipinski definition) is 3. The number of hydrogen-bond donors (Lipinski definition) is 2. The first-order chi connectivity index (χ1) is 9.06. The second-order valence-electron chi connectivity index (χ2n) is 5.17. The van der Waals surface area contributed by atoms with Crippen molar-refractivity contribution in [1.82, 2.24) is 20.2 Å². The van der Waals surface area contributed by atoms with E-state index in [1.54, 1.807) is 12.4 Å². The summed E-state index contributed by atoms with van der Waals surface area (Å²) in [6, 6.07) is 1.49. The van der Waals surface area contributed by atoms with E-state index in [1.165, 1.54) is 4.57 Å². The van der Waals surface area contributed by atoms with Crippen LogP contribution in [0.1, 0.15) is 38.3 Å². The van der Waals surface area contributed by atoms with E-state index in [0.29, 0.717) is 19.0 Å². The molecule has 0 aromatic carbocycles. The van der Waals surface area contributed by atoms with Crippen molar-refractivity contribution in [3.63, 3.8) is 0 Å². The zero-order valence-corrected chi connectivity index (χ0v) is 11.3. The number of rotatable bonds is 5. The van der Waals surface area contributed by atoms with Crippen molar-refractivity contribution in [2.45, 2.75) is 45.2 Å². The van der Waals surface area contributed by atoms with Gasteiger partial charge in [-0.1, -0.05) is 0 Å². The Morgan fingerprint density at radius 3 is 2.84 bits per heavy atom. The first-order valence-corrected chi connectivity index (χ1v) is 6.67. The molecule has 2 amide bonds. The highest BCUT2D eigenvalue weighted by Gasteiger charge is 2.25. The summed E-state index contributed by atoms with van der Waals surface area (Å²) in [6.45, 7) is 4.63. The van der Waals surface area contributed by atoms with Gasteiger partial charge in [0.1, 0.15) is 0 Å². The summed E-state index contributed by atoms with van der Waals surface area (Å²) >= 11 is 0. The van der Waals surface area contributed by atoms with Crippen molar-refractivity contribution in [1.29, 1.82) is 0 Å². The fourth-order valence-corrected chi connectivity index (χ4v) is 1.81. The molecule has 0 radical (unpaired) electrons. The molecule has 0 unspecified atom stereocenters. The highest BCUT2D eigenvalue weighted by molar-refractivity contribution is 5.73. The second-order valence-corrected chi connectivity index (χ2v) is 5.17. The van der Waals surface area contributed by atoms with E-state index in [9.17, 15) is 9.59 Å². The van der Waals surface area contributed by atoms with E-state index in [4.69, 9.17) is 0 Å². The Hall–Kier alpha value is -1.85. The van der Waals surface area contributed by atoms with E-state index in [0.717, 1.165) is 18.5 Å². The lowest BCUT2D eigenvalue weighted by atomic mass is 10.3. The van der Waals surface area contributed by atoms with Crippen molar-refractivity contribution >= 4 is 6.03 Å². The van der Waals surface area contributed by atoms with E-state index in [-0.39, 0.29) is 17.6 Å². The van der Waals surface area contributed by atoms with Crippen LogP contribution < -0.4 is 16.2 Å². The number of carbonyl (C=O) groups is 1. The highest BCUT2D eigenvalue weighted by Crippen LogP contribution is 2.38. The summed E-state index contributed by atoms with van der Waals surface area (Å²) in [6.07, 6.45) is 3.83. The Balaban J connectivity index is 1.82. The number of urea groups is 1. The summed E-state index contributed by atoms with van der Waals surface area (Å²) in [7, 11) is 0. The summed E-state index contributed by atoms with van der Waals surface area (Å²) < 4.78 is 1.52. The molecular weight excluding hydrogens is 244 g/mol. The molecular formula is C13H20N4O2. The van der Waals surface area contributed by atoms with Gasteiger partial charge in [-0.15, -0.1) is 0 Å². The highest BCUT2D eigenvalue weighted by atomic mass is 16.2. The van der Waals surface area contributed by atoms with Crippen LogP contribution in [0.2, 0.25) is 0 Å². The molecule has 1 aromatic heterocycles. The molecule has 0 spiro atoms. The third-order valence-electron chi connectivity index (χ3n) is 2.95. The molecule has 19 heavy (non-hydrogen) atoms. The topological polar surface area (TPSA) is 76.0 Å². The largest absolute Gasteiger partial charge is 0.336 e. The standard InChI is InChI=1S/C13H20N4O2/c1-9(2)16-13(19)14-5-6-17-8-15-11(7-12(17)18)10-3-4-10/h7-10H,3-6H2,1-2H3,(H2,14,16,19). The van der Waals surface area contributed by atoms with Gasteiger partial charge in [0.2, 0.25) is 0 Å². The van der Waals surface area contributed by atoms with Gasteiger partial charge in [0.05, 0.1) is 12.0 Å². The smallest absolute Gasteiger partial charge is 0.315 e. The van der Waals surface area contributed by atoms with Gasteiger partial charge in [0.25, 0.3) is 5.56 Å². The van der Waals surface area contributed by atoms with Gasteiger partial charge in [-0.05, 0) is 26.7 Å². The van der Waals surface area contributed by atoms with Crippen LogP contribution in [0.15, 0.2) is 17.2 Å². The number of nitrogens with zero attached hydrogens (tertiary/aromatic N) is 2.